The number of hydrogen-bond donors (Lipinski definition) is 1. The first-order valence-corrected chi connectivity index (χ1v) is 6.93. The van der Waals surface area contributed by atoms with Crippen molar-refractivity contribution in [3.63, 3.8) is 0 Å². The van der Waals surface area contributed by atoms with Gasteiger partial charge in [-0.2, -0.15) is 5.26 Å². The molecule has 1 aromatic heterocycles. The minimum atomic E-state index is 0.486. The Bertz CT molecular complexity index is 621. The summed E-state index contributed by atoms with van der Waals surface area (Å²) in [4.78, 5) is 0. The predicted octanol–water partition coefficient (Wildman–Crippen LogP) is 0.804. The number of hydrogen-bond acceptors (Lipinski definition) is 7. The predicted molar refractivity (Wildman–Crippen MR) is 74.1 cm³/mol. The van der Waals surface area contributed by atoms with Crippen molar-refractivity contribution < 1.29 is 4.74 Å². The van der Waals surface area contributed by atoms with Gasteiger partial charge in [0, 0.05) is 12.3 Å². The highest BCUT2D eigenvalue weighted by atomic mass is 32.2. The second-order valence-electron chi connectivity index (χ2n) is 3.91. The maximum Gasteiger partial charge on any atom is 0.209 e. The van der Waals surface area contributed by atoms with Crippen LogP contribution in [0.15, 0.2) is 23.4 Å². The Labute approximate surface area is 120 Å². The van der Waals surface area contributed by atoms with Crippen LogP contribution in [0.25, 0.3) is 0 Å². The van der Waals surface area contributed by atoms with E-state index in [1.54, 1.807) is 17.9 Å². The number of rotatable bonds is 6. The summed E-state index contributed by atoms with van der Waals surface area (Å²) in [7, 11) is 1.55. The highest BCUT2D eigenvalue weighted by molar-refractivity contribution is 7.98. The van der Waals surface area contributed by atoms with E-state index in [0.717, 1.165) is 5.56 Å². The van der Waals surface area contributed by atoms with Gasteiger partial charge in [-0.3, -0.25) is 0 Å². The maximum atomic E-state index is 9.05. The summed E-state index contributed by atoms with van der Waals surface area (Å²) >= 11 is 1.50. The van der Waals surface area contributed by atoms with Crippen LogP contribution in [-0.2, 0) is 12.3 Å². The molecule has 0 aliphatic carbocycles. The molecule has 0 saturated carbocycles. The zero-order chi connectivity index (χ0) is 14.4. The molecule has 0 amide bonds. The van der Waals surface area contributed by atoms with E-state index in [1.807, 2.05) is 12.1 Å². The summed E-state index contributed by atoms with van der Waals surface area (Å²) < 4.78 is 6.78. The summed E-state index contributed by atoms with van der Waals surface area (Å²) in [6, 6.07) is 7.63. The molecule has 104 valence electrons. The Kier molecular flexibility index (Phi) is 4.92. The van der Waals surface area contributed by atoms with Crippen LogP contribution < -0.4 is 10.5 Å². The van der Waals surface area contributed by atoms with Crippen LogP contribution in [0.3, 0.4) is 0 Å². The van der Waals surface area contributed by atoms with Crippen molar-refractivity contribution in [1.82, 2.24) is 20.2 Å². The molecule has 0 radical (unpaired) electrons. The van der Waals surface area contributed by atoms with Gasteiger partial charge in [0.1, 0.15) is 11.8 Å². The first-order valence-electron chi connectivity index (χ1n) is 5.94. The quantitative estimate of drug-likeness (QED) is 0.785. The fourth-order valence-electron chi connectivity index (χ4n) is 1.64. The second-order valence-corrected chi connectivity index (χ2v) is 4.85. The van der Waals surface area contributed by atoms with Crippen LogP contribution >= 0.6 is 11.8 Å². The van der Waals surface area contributed by atoms with E-state index < -0.39 is 0 Å². The Morgan fingerprint density at radius 2 is 2.35 bits per heavy atom. The molecule has 8 heteroatoms. The molecule has 7 nitrogen and oxygen atoms in total. The molecule has 0 fully saturated rings. The largest absolute Gasteiger partial charge is 0.495 e. The first kappa shape index (κ1) is 14.3. The van der Waals surface area contributed by atoms with Gasteiger partial charge < -0.3 is 10.5 Å². The van der Waals surface area contributed by atoms with Crippen molar-refractivity contribution in [3.8, 4) is 11.8 Å². The van der Waals surface area contributed by atoms with Crippen LogP contribution in [0.4, 0.5) is 0 Å². The standard InChI is InChI=1S/C12H14N6OS/c1-19-11-3-2-9(6-10(11)7-14)8-20-12-15-16-17-18(12)5-4-13/h2-3,6H,4-5,8,13H2,1H3. The van der Waals surface area contributed by atoms with Crippen molar-refractivity contribution in [3.05, 3.63) is 29.3 Å². The monoisotopic (exact) mass is 290 g/mol. The molecule has 2 N–H and O–H groups in total. The highest BCUT2D eigenvalue weighted by Crippen LogP contribution is 2.24. The van der Waals surface area contributed by atoms with Gasteiger partial charge in [0.2, 0.25) is 5.16 Å². The van der Waals surface area contributed by atoms with E-state index in [0.29, 0.717) is 35.3 Å². The van der Waals surface area contributed by atoms with Crippen LogP contribution in [-0.4, -0.2) is 33.9 Å². The lowest BCUT2D eigenvalue weighted by molar-refractivity contribution is 0.413. The van der Waals surface area contributed by atoms with Gasteiger partial charge in [0.05, 0.1) is 19.2 Å². The molecule has 1 aromatic carbocycles. The average molecular weight is 290 g/mol. The van der Waals surface area contributed by atoms with Gasteiger partial charge in [-0.15, -0.1) is 5.10 Å². The SMILES string of the molecule is COc1ccc(CSc2nnnn2CCN)cc1C#N. The molecule has 0 spiro atoms. The average Bonchev–Trinajstić information content (AvgIpc) is 2.92. The number of methoxy groups -OCH3 is 1. The summed E-state index contributed by atoms with van der Waals surface area (Å²) in [5.74, 6) is 1.25. The molecule has 0 atom stereocenters. The van der Waals surface area contributed by atoms with Gasteiger partial charge in [-0.25, -0.2) is 4.68 Å². The van der Waals surface area contributed by atoms with Crippen LogP contribution in [0.1, 0.15) is 11.1 Å². The third-order valence-electron chi connectivity index (χ3n) is 2.59. The maximum absolute atomic E-state index is 9.05. The molecule has 1 heterocycles. The van der Waals surface area contributed by atoms with Crippen LogP contribution in [0, 0.1) is 11.3 Å². The lowest BCUT2D eigenvalue weighted by Crippen LogP contribution is -2.12. The molecule has 0 bridgehead atoms. The zero-order valence-electron chi connectivity index (χ0n) is 11.0. The molecule has 0 aliphatic heterocycles. The third kappa shape index (κ3) is 3.26. The summed E-state index contributed by atoms with van der Waals surface area (Å²) in [6.45, 7) is 1.07. The topological polar surface area (TPSA) is 103 Å². The molecule has 0 saturated heterocycles. The molecule has 0 unspecified atom stereocenters. The Morgan fingerprint density at radius 3 is 3.05 bits per heavy atom. The molecular weight excluding hydrogens is 276 g/mol. The molecule has 2 aromatic rings. The van der Waals surface area contributed by atoms with E-state index in [-0.39, 0.29) is 0 Å². The Balaban J connectivity index is 2.07. The van der Waals surface area contributed by atoms with Crippen molar-refractivity contribution in [2.45, 2.75) is 17.5 Å². The van der Waals surface area contributed by atoms with Crippen molar-refractivity contribution in [2.75, 3.05) is 13.7 Å². The van der Waals surface area contributed by atoms with Crippen LogP contribution in [0.2, 0.25) is 0 Å². The van der Waals surface area contributed by atoms with Gasteiger partial charge in [-0.1, -0.05) is 17.8 Å². The van der Waals surface area contributed by atoms with Crippen LogP contribution in [0.5, 0.6) is 5.75 Å². The molecule has 20 heavy (non-hydrogen) atoms. The number of nitriles is 1. The van der Waals surface area contributed by atoms with E-state index in [1.165, 1.54) is 11.8 Å². The van der Waals surface area contributed by atoms with E-state index in [2.05, 4.69) is 21.6 Å². The van der Waals surface area contributed by atoms with Crippen molar-refractivity contribution >= 4 is 11.8 Å². The molecule has 0 aliphatic rings. The summed E-state index contributed by atoms with van der Waals surface area (Å²) in [5.41, 5.74) is 7.02. The number of aromatic nitrogens is 4. The highest BCUT2D eigenvalue weighted by Gasteiger charge is 2.08. The van der Waals surface area contributed by atoms with E-state index >= 15 is 0 Å². The van der Waals surface area contributed by atoms with Gasteiger partial charge in [0.25, 0.3) is 0 Å². The van der Waals surface area contributed by atoms with E-state index in [9.17, 15) is 0 Å². The fourth-order valence-corrected chi connectivity index (χ4v) is 2.49. The minimum Gasteiger partial charge on any atom is -0.495 e. The van der Waals surface area contributed by atoms with Gasteiger partial charge >= 0.3 is 0 Å². The smallest absolute Gasteiger partial charge is 0.209 e. The Hall–Kier alpha value is -2.11. The van der Waals surface area contributed by atoms with Gasteiger partial charge in [-0.05, 0) is 28.1 Å². The Morgan fingerprint density at radius 1 is 1.50 bits per heavy atom. The number of tetrazole rings is 1. The van der Waals surface area contributed by atoms with E-state index in [4.69, 9.17) is 15.7 Å². The number of nitrogens with zero attached hydrogens (tertiary/aromatic N) is 5. The minimum absolute atomic E-state index is 0.486. The number of ether oxygens (including phenoxy) is 1. The molecule has 2 rings (SSSR count). The van der Waals surface area contributed by atoms with Crippen molar-refractivity contribution in [1.29, 1.82) is 5.26 Å². The first-order chi connectivity index (χ1) is 9.78. The zero-order valence-corrected chi connectivity index (χ0v) is 11.8. The fraction of sp³-hybridized carbons (Fsp3) is 0.333. The third-order valence-corrected chi connectivity index (χ3v) is 3.62. The van der Waals surface area contributed by atoms with Gasteiger partial charge in [0.15, 0.2) is 0 Å². The summed E-state index contributed by atoms with van der Waals surface area (Å²) in [5, 5.41) is 21.2. The lowest BCUT2D eigenvalue weighted by Gasteiger charge is -2.06. The summed E-state index contributed by atoms with van der Waals surface area (Å²) in [6.07, 6.45) is 0. The molecular formula is C12H14N6OS. The second kappa shape index (κ2) is 6.88. The normalized spacial score (nSPS) is 10.2. The number of nitrogens with two attached hydrogens (primary N) is 1. The number of thioether (sulfide) groups is 1. The number of benzene rings is 1. The van der Waals surface area contributed by atoms with Crippen molar-refractivity contribution in [2.24, 2.45) is 5.73 Å². The lowest BCUT2D eigenvalue weighted by atomic mass is 10.1.